The van der Waals surface area contributed by atoms with Crippen LogP contribution in [-0.2, 0) is 36.8 Å². The molecule has 13 heteroatoms. The van der Waals surface area contributed by atoms with Crippen LogP contribution in [0.3, 0.4) is 0 Å². The molecule has 3 aromatic rings. The summed E-state index contributed by atoms with van der Waals surface area (Å²) in [4.78, 5) is -1.07. The SMILES string of the molecule is CCCCCCCCc1ccc(P(c2cccc(S(=O)(=O)O)c2)c2cccc(S(=O)(=O)O)c2)cc1S(=O)(=O)O. The van der Waals surface area contributed by atoms with Gasteiger partial charge in [-0.2, -0.15) is 25.3 Å². The topological polar surface area (TPSA) is 163 Å². The van der Waals surface area contributed by atoms with Crippen molar-refractivity contribution in [3.05, 3.63) is 72.3 Å². The highest BCUT2D eigenvalue weighted by Crippen LogP contribution is 2.35. The van der Waals surface area contributed by atoms with Gasteiger partial charge in [-0.1, -0.05) is 75.4 Å². The zero-order valence-corrected chi connectivity index (χ0v) is 24.6. The van der Waals surface area contributed by atoms with E-state index in [1.165, 1.54) is 42.5 Å². The van der Waals surface area contributed by atoms with E-state index in [0.717, 1.165) is 38.5 Å². The van der Waals surface area contributed by atoms with Gasteiger partial charge < -0.3 is 0 Å². The molecule has 0 amide bonds. The second-order valence-electron chi connectivity index (χ2n) is 9.07. The zero-order chi connectivity index (χ0) is 28.8. The van der Waals surface area contributed by atoms with Crippen molar-refractivity contribution in [1.29, 1.82) is 0 Å². The van der Waals surface area contributed by atoms with Gasteiger partial charge in [0.1, 0.15) is 0 Å². The van der Waals surface area contributed by atoms with Gasteiger partial charge in [-0.05, 0) is 72.6 Å². The maximum absolute atomic E-state index is 12.4. The van der Waals surface area contributed by atoms with Crippen LogP contribution in [-0.4, -0.2) is 38.9 Å². The molecule has 0 aliphatic rings. The second kappa shape index (κ2) is 13.0. The molecule has 3 aromatic carbocycles. The summed E-state index contributed by atoms with van der Waals surface area (Å²) in [6, 6.07) is 15.3. The van der Waals surface area contributed by atoms with Crippen molar-refractivity contribution in [2.45, 2.75) is 66.6 Å². The maximum Gasteiger partial charge on any atom is 0.294 e. The van der Waals surface area contributed by atoms with E-state index in [-0.39, 0.29) is 4.90 Å². The lowest BCUT2D eigenvalue weighted by Gasteiger charge is -2.21. The first-order chi connectivity index (χ1) is 18.2. The Morgan fingerprint density at radius 2 is 1.08 bits per heavy atom. The van der Waals surface area contributed by atoms with Gasteiger partial charge >= 0.3 is 0 Å². The largest absolute Gasteiger partial charge is 0.294 e. The number of unbranched alkanes of at least 4 members (excludes halogenated alkanes) is 5. The lowest BCUT2D eigenvalue weighted by molar-refractivity contribution is 0.480. The van der Waals surface area contributed by atoms with E-state index < -0.39 is 48.1 Å². The third kappa shape index (κ3) is 8.65. The molecule has 39 heavy (non-hydrogen) atoms. The Labute approximate surface area is 231 Å². The molecule has 9 nitrogen and oxygen atoms in total. The minimum atomic E-state index is -4.63. The molecule has 0 fully saturated rings. The lowest BCUT2D eigenvalue weighted by atomic mass is 10.0. The quantitative estimate of drug-likeness (QED) is 0.146. The van der Waals surface area contributed by atoms with E-state index in [9.17, 15) is 38.9 Å². The molecule has 212 valence electrons. The fourth-order valence-electron chi connectivity index (χ4n) is 4.24. The second-order valence-corrected chi connectivity index (χ2v) is 15.5. The van der Waals surface area contributed by atoms with Gasteiger partial charge in [0.15, 0.2) is 0 Å². The molecule has 0 spiro atoms. The van der Waals surface area contributed by atoms with E-state index in [2.05, 4.69) is 6.92 Å². The molecule has 0 aromatic heterocycles. The van der Waals surface area contributed by atoms with Crippen molar-refractivity contribution in [1.82, 2.24) is 0 Å². The smallest absolute Gasteiger partial charge is 0.282 e. The summed E-state index contributed by atoms with van der Waals surface area (Å²) in [5.74, 6) is 0. The van der Waals surface area contributed by atoms with Crippen LogP contribution in [0.5, 0.6) is 0 Å². The molecule has 0 atom stereocenters. The van der Waals surface area contributed by atoms with E-state index in [0.29, 0.717) is 27.9 Å². The summed E-state index contributed by atoms with van der Waals surface area (Å²) >= 11 is 0. The standard InChI is InChI=1S/C26H31O9PS3/c1-2-3-4-5-6-7-10-20-15-16-23(19-26(20)39(33,34)35)36(21-11-8-13-24(17-21)37(27,28)29)22-12-9-14-25(18-22)38(30,31)32/h8-9,11-19H,2-7,10H2,1H3,(H,27,28,29)(H,30,31,32)(H,33,34,35). The molecule has 3 rings (SSSR count). The van der Waals surface area contributed by atoms with Crippen LogP contribution in [0.4, 0.5) is 0 Å². The number of aryl methyl sites for hydroxylation is 1. The summed E-state index contributed by atoms with van der Waals surface area (Å²) in [6.07, 6.45) is 6.42. The molecule has 0 unspecified atom stereocenters. The predicted octanol–water partition coefficient (Wildman–Crippen LogP) is 4.09. The Bertz CT molecular complexity index is 1560. The van der Waals surface area contributed by atoms with Crippen molar-refractivity contribution in [2.75, 3.05) is 0 Å². The normalized spacial score (nSPS) is 12.6. The summed E-state index contributed by atoms with van der Waals surface area (Å²) in [5, 5.41) is 1.10. The van der Waals surface area contributed by atoms with Crippen molar-refractivity contribution in [3.63, 3.8) is 0 Å². The fourth-order valence-corrected chi connectivity index (χ4v) is 8.71. The predicted molar refractivity (Wildman–Crippen MR) is 152 cm³/mol. The molecule has 0 heterocycles. The highest BCUT2D eigenvalue weighted by atomic mass is 32.2. The molecule has 0 saturated heterocycles. The van der Waals surface area contributed by atoms with Crippen LogP contribution in [0.1, 0.15) is 51.0 Å². The number of benzene rings is 3. The summed E-state index contributed by atoms with van der Waals surface area (Å²) < 4.78 is 101. The van der Waals surface area contributed by atoms with E-state index in [1.807, 2.05) is 0 Å². The van der Waals surface area contributed by atoms with Crippen molar-refractivity contribution in [2.24, 2.45) is 0 Å². The summed E-state index contributed by atoms with van der Waals surface area (Å²) in [6.45, 7) is 2.12. The van der Waals surface area contributed by atoms with Gasteiger partial charge in [0.2, 0.25) is 0 Å². The Kier molecular flexibility index (Phi) is 10.4. The first-order valence-electron chi connectivity index (χ1n) is 12.3. The molecular formula is C26H31O9PS3. The Morgan fingerprint density at radius 3 is 1.56 bits per heavy atom. The van der Waals surface area contributed by atoms with E-state index in [1.54, 1.807) is 24.3 Å². The van der Waals surface area contributed by atoms with Gasteiger partial charge in [0, 0.05) is 0 Å². The highest BCUT2D eigenvalue weighted by Gasteiger charge is 2.24. The maximum atomic E-state index is 12.4. The van der Waals surface area contributed by atoms with Crippen LogP contribution in [0.2, 0.25) is 0 Å². The van der Waals surface area contributed by atoms with Gasteiger partial charge in [-0.15, -0.1) is 0 Å². The molecule has 0 radical (unpaired) electrons. The van der Waals surface area contributed by atoms with Crippen molar-refractivity contribution < 1.29 is 38.9 Å². The highest BCUT2D eigenvalue weighted by molar-refractivity contribution is 7.86. The van der Waals surface area contributed by atoms with Crippen LogP contribution in [0.25, 0.3) is 0 Å². The van der Waals surface area contributed by atoms with Crippen LogP contribution in [0, 0.1) is 0 Å². The van der Waals surface area contributed by atoms with Gasteiger partial charge in [-0.25, -0.2) is 0 Å². The minimum absolute atomic E-state index is 0.280. The molecule has 3 N–H and O–H groups in total. The molecular weight excluding hydrogens is 583 g/mol. The van der Waals surface area contributed by atoms with Crippen LogP contribution < -0.4 is 15.9 Å². The Balaban J connectivity index is 2.14. The van der Waals surface area contributed by atoms with Gasteiger partial charge in [-0.3, -0.25) is 13.7 Å². The number of hydrogen-bond acceptors (Lipinski definition) is 6. The molecule has 0 aliphatic heterocycles. The molecule has 0 aliphatic carbocycles. The van der Waals surface area contributed by atoms with E-state index in [4.69, 9.17) is 0 Å². The zero-order valence-electron chi connectivity index (χ0n) is 21.3. The summed E-state index contributed by atoms with van der Waals surface area (Å²) in [5.41, 5.74) is 0.435. The molecule has 0 saturated carbocycles. The lowest BCUT2D eigenvalue weighted by Crippen LogP contribution is -2.23. The Hall–Kier alpha value is -2.18. The summed E-state index contributed by atoms with van der Waals surface area (Å²) in [7, 11) is -15.6. The third-order valence-corrected chi connectivity index (χ3v) is 11.2. The van der Waals surface area contributed by atoms with E-state index >= 15 is 0 Å². The number of hydrogen-bond donors (Lipinski definition) is 3. The van der Waals surface area contributed by atoms with Crippen LogP contribution in [0.15, 0.2) is 81.4 Å². The van der Waals surface area contributed by atoms with Gasteiger partial charge in [0.05, 0.1) is 14.7 Å². The van der Waals surface area contributed by atoms with Crippen molar-refractivity contribution in [3.8, 4) is 0 Å². The average Bonchev–Trinajstić information content (AvgIpc) is 2.85. The minimum Gasteiger partial charge on any atom is -0.282 e. The van der Waals surface area contributed by atoms with Crippen molar-refractivity contribution >= 4 is 54.2 Å². The third-order valence-electron chi connectivity index (χ3n) is 6.13. The first kappa shape index (κ1) is 31.3. The monoisotopic (exact) mass is 614 g/mol. The molecule has 0 bridgehead atoms. The fraction of sp³-hybridized carbons (Fsp3) is 0.308. The van der Waals surface area contributed by atoms with Crippen LogP contribution >= 0.6 is 7.92 Å². The number of rotatable bonds is 13. The average molecular weight is 615 g/mol. The first-order valence-corrected chi connectivity index (χ1v) is 17.9. The Morgan fingerprint density at radius 1 is 0.590 bits per heavy atom. The van der Waals surface area contributed by atoms with Gasteiger partial charge in [0.25, 0.3) is 30.4 Å².